The van der Waals surface area contributed by atoms with Crippen molar-refractivity contribution in [3.05, 3.63) is 12.2 Å². The van der Waals surface area contributed by atoms with Crippen LogP contribution in [-0.4, -0.2) is 29.0 Å². The van der Waals surface area contributed by atoms with Crippen LogP contribution in [0.1, 0.15) is 45.4 Å². The molecule has 5 saturated carbocycles. The summed E-state index contributed by atoms with van der Waals surface area (Å²) in [6, 6.07) is 0. The Bertz CT molecular complexity index is 744. The Balaban J connectivity index is 1.77. The Kier molecular flexibility index (Phi) is 3.02. The van der Waals surface area contributed by atoms with E-state index in [-0.39, 0.29) is 40.7 Å². The second kappa shape index (κ2) is 4.65. The Labute approximate surface area is 155 Å². The number of hydrogen-bond donors (Lipinski definition) is 0. The van der Waals surface area contributed by atoms with Gasteiger partial charge in [0, 0.05) is 11.3 Å². The molecule has 7 atom stereocenters. The predicted octanol–water partition coefficient (Wildman–Crippen LogP) is 3.22. The maximum Gasteiger partial charge on any atom is 0.312 e. The van der Waals surface area contributed by atoms with Crippen LogP contribution in [0.15, 0.2) is 12.2 Å². The smallest absolute Gasteiger partial charge is 0.312 e. The van der Waals surface area contributed by atoms with Gasteiger partial charge in [-0.2, -0.15) is 0 Å². The molecule has 1 saturated heterocycles. The molecule has 4 nitrogen and oxygen atoms in total. The fourth-order valence-corrected chi connectivity index (χ4v) is 8.83. The lowest BCUT2D eigenvalue weighted by Crippen LogP contribution is -2.75. The minimum absolute atomic E-state index is 0.00486. The van der Waals surface area contributed by atoms with E-state index in [0.717, 1.165) is 32.1 Å². The van der Waals surface area contributed by atoms with Crippen molar-refractivity contribution in [1.82, 2.24) is 0 Å². The van der Waals surface area contributed by atoms with Crippen LogP contribution in [-0.2, 0) is 19.1 Å². The highest BCUT2D eigenvalue weighted by Gasteiger charge is 2.77. The van der Waals surface area contributed by atoms with Gasteiger partial charge in [0.2, 0.25) is 0 Å². The molecular weight excluding hydrogens is 384 g/mol. The highest BCUT2D eigenvalue weighted by atomic mass is 79.9. The van der Waals surface area contributed by atoms with Crippen molar-refractivity contribution in [3.63, 3.8) is 0 Å². The normalized spacial score (nSPS) is 54.0. The number of carbonyl (C=O) groups is 3. The first-order valence-corrected chi connectivity index (χ1v) is 10.3. The average Bonchev–Trinajstić information content (AvgIpc) is 2.60. The third-order valence-electron chi connectivity index (χ3n) is 8.35. The van der Waals surface area contributed by atoms with E-state index < -0.39 is 15.7 Å². The first kappa shape index (κ1) is 16.2. The minimum Gasteiger partial charge on any atom is -0.465 e. The van der Waals surface area contributed by atoms with Gasteiger partial charge in [-0.15, -0.1) is 0 Å². The van der Waals surface area contributed by atoms with Gasteiger partial charge in [-0.1, -0.05) is 35.9 Å². The van der Waals surface area contributed by atoms with Crippen LogP contribution in [0.4, 0.5) is 0 Å². The van der Waals surface area contributed by atoms with Crippen LogP contribution in [0.3, 0.4) is 0 Å². The fraction of sp³-hybridized carbons (Fsp3) is 0.750. The monoisotopic (exact) mass is 406 g/mol. The summed E-state index contributed by atoms with van der Waals surface area (Å²) >= 11 is 3.67. The molecule has 5 aliphatic carbocycles. The second-order valence-electron chi connectivity index (χ2n) is 9.22. The minimum atomic E-state index is -1.05. The number of cyclic esters (lactones) is 1. The molecule has 1 aliphatic heterocycles. The van der Waals surface area contributed by atoms with E-state index in [4.69, 9.17) is 4.74 Å². The number of hydrogen-bond acceptors (Lipinski definition) is 4. The van der Waals surface area contributed by atoms with Crippen molar-refractivity contribution < 1.29 is 19.1 Å². The summed E-state index contributed by atoms with van der Waals surface area (Å²) in [5, 5.41) is 0. The lowest BCUT2D eigenvalue weighted by molar-refractivity contribution is -0.228. The lowest BCUT2D eigenvalue weighted by Gasteiger charge is -2.68. The molecular formula is C20H23BrO4. The average molecular weight is 407 g/mol. The fourth-order valence-electron chi connectivity index (χ4n) is 7.32. The van der Waals surface area contributed by atoms with E-state index >= 15 is 0 Å². The van der Waals surface area contributed by atoms with Crippen molar-refractivity contribution in [1.29, 1.82) is 0 Å². The van der Waals surface area contributed by atoms with Crippen molar-refractivity contribution in [3.8, 4) is 0 Å². The van der Waals surface area contributed by atoms with Crippen molar-refractivity contribution in [2.24, 2.45) is 34.0 Å². The summed E-state index contributed by atoms with van der Waals surface area (Å²) in [5.41, 5.74) is -1.32. The summed E-state index contributed by atoms with van der Waals surface area (Å²) < 4.78 is 5.70. The topological polar surface area (TPSA) is 60.4 Å². The number of Topliss-reactive ketones (excluding diaryl/α,β-unsaturated/α-hetero) is 2. The molecule has 4 bridgehead atoms. The number of carbonyl (C=O) groups excluding carboxylic acids is 3. The Morgan fingerprint density at radius 3 is 2.72 bits per heavy atom. The molecule has 6 aliphatic rings. The number of fused-ring (bicyclic) bond motifs is 2. The van der Waals surface area contributed by atoms with Gasteiger partial charge in [-0.05, 0) is 49.5 Å². The Hall–Kier alpha value is -0.970. The lowest BCUT2D eigenvalue weighted by atomic mass is 9.35. The van der Waals surface area contributed by atoms with Gasteiger partial charge in [-0.25, -0.2) is 0 Å². The predicted molar refractivity (Wildman–Crippen MR) is 94.0 cm³/mol. The summed E-state index contributed by atoms with van der Waals surface area (Å²) in [4.78, 5) is 39.5. The van der Waals surface area contributed by atoms with Gasteiger partial charge in [0.1, 0.15) is 0 Å². The summed E-state index contributed by atoms with van der Waals surface area (Å²) in [7, 11) is 0. The van der Waals surface area contributed by atoms with Crippen LogP contribution in [0.2, 0.25) is 0 Å². The van der Waals surface area contributed by atoms with Crippen LogP contribution in [0, 0.1) is 34.0 Å². The molecule has 1 heterocycles. The zero-order chi connectivity index (χ0) is 17.8. The molecule has 6 fully saturated rings. The maximum absolute atomic E-state index is 13.6. The molecule has 3 unspecified atom stereocenters. The van der Waals surface area contributed by atoms with Gasteiger partial charge in [0.05, 0.1) is 22.3 Å². The van der Waals surface area contributed by atoms with E-state index in [1.54, 1.807) is 0 Å². The molecule has 25 heavy (non-hydrogen) atoms. The first-order chi connectivity index (χ1) is 11.8. The van der Waals surface area contributed by atoms with Gasteiger partial charge in [0.25, 0.3) is 0 Å². The molecule has 1 spiro atoms. The first-order valence-electron chi connectivity index (χ1n) is 9.38. The van der Waals surface area contributed by atoms with E-state index in [1.807, 2.05) is 0 Å². The molecule has 0 radical (unpaired) electrons. The third kappa shape index (κ3) is 1.55. The second-order valence-corrected chi connectivity index (χ2v) is 10.2. The SMILES string of the molecule is C=C1C(=O)[C@]23CC[C@H]1CC2[C@@]12CCC[C@@](C)(COC1=O)C2C(Br)C3=O. The molecule has 0 N–H and O–H groups in total. The molecule has 0 aromatic carbocycles. The number of allylic oxidation sites excluding steroid dienone is 1. The largest absolute Gasteiger partial charge is 0.465 e. The van der Waals surface area contributed by atoms with Crippen LogP contribution >= 0.6 is 15.9 Å². The van der Waals surface area contributed by atoms with Crippen LogP contribution < -0.4 is 0 Å². The van der Waals surface area contributed by atoms with Crippen LogP contribution in [0.25, 0.3) is 0 Å². The molecule has 0 aromatic rings. The van der Waals surface area contributed by atoms with Gasteiger partial charge >= 0.3 is 5.97 Å². The molecule has 134 valence electrons. The zero-order valence-electron chi connectivity index (χ0n) is 14.5. The summed E-state index contributed by atoms with van der Waals surface area (Å²) in [6.07, 6.45) is 4.80. The Morgan fingerprint density at radius 1 is 1.20 bits per heavy atom. The standard InChI is InChI=1S/C20H23BrO4/c1-10-11-4-7-20(15(10)22)12(8-11)19-6-3-5-18(2,9-25-17(19)24)14(19)13(21)16(20)23/h11-14H,1,3-9H2,2H3/t11-,12?,13?,14?,18-,19+,20-/m0/s1. The maximum atomic E-state index is 13.6. The number of ether oxygens (including phenoxy) is 1. The number of halogens is 1. The quantitative estimate of drug-likeness (QED) is 0.268. The van der Waals surface area contributed by atoms with Gasteiger partial charge in [-0.3, -0.25) is 14.4 Å². The number of rotatable bonds is 0. The van der Waals surface area contributed by atoms with E-state index in [1.165, 1.54) is 0 Å². The van der Waals surface area contributed by atoms with Crippen molar-refractivity contribution in [2.45, 2.75) is 50.3 Å². The number of esters is 1. The van der Waals surface area contributed by atoms with Crippen molar-refractivity contribution >= 4 is 33.5 Å². The molecule has 5 heteroatoms. The van der Waals surface area contributed by atoms with E-state index in [0.29, 0.717) is 18.6 Å². The zero-order valence-corrected chi connectivity index (χ0v) is 16.1. The third-order valence-corrected chi connectivity index (χ3v) is 9.30. The van der Waals surface area contributed by atoms with Gasteiger partial charge in [0.15, 0.2) is 11.6 Å². The highest BCUT2D eigenvalue weighted by molar-refractivity contribution is 9.10. The van der Waals surface area contributed by atoms with Crippen molar-refractivity contribution in [2.75, 3.05) is 6.61 Å². The van der Waals surface area contributed by atoms with E-state index in [2.05, 4.69) is 29.4 Å². The summed E-state index contributed by atoms with van der Waals surface area (Å²) in [6.45, 7) is 6.54. The highest BCUT2D eigenvalue weighted by Crippen LogP contribution is 2.72. The van der Waals surface area contributed by atoms with Gasteiger partial charge < -0.3 is 4.74 Å². The van der Waals surface area contributed by atoms with Crippen LogP contribution in [0.5, 0.6) is 0 Å². The summed E-state index contributed by atoms with van der Waals surface area (Å²) in [5.74, 6) is -0.411. The molecule has 6 rings (SSSR count). The molecule has 0 amide bonds. The number of alkyl halides is 1. The number of ketones is 2. The Morgan fingerprint density at radius 2 is 1.96 bits per heavy atom. The molecule has 0 aromatic heterocycles. The van der Waals surface area contributed by atoms with E-state index in [9.17, 15) is 14.4 Å².